The number of carbonyl (C=O) groups is 1. The lowest BCUT2D eigenvalue weighted by atomic mass is 9.93. The molecule has 0 spiro atoms. The lowest BCUT2D eigenvalue weighted by molar-refractivity contribution is -0.771. The Labute approximate surface area is 129 Å². The monoisotopic (exact) mass is 311 g/mol. The Bertz CT molecular complexity index is 464. The molecule has 0 aromatic heterocycles. The normalized spacial score (nSPS) is 13.4. The summed E-state index contributed by atoms with van der Waals surface area (Å²) in [5.41, 5.74) is 0.499. The molecule has 0 N–H and O–H groups in total. The van der Waals surface area contributed by atoms with Crippen molar-refractivity contribution in [2.75, 3.05) is 0 Å². The van der Waals surface area contributed by atoms with Gasteiger partial charge in [-0.25, -0.2) is 4.39 Å². The fourth-order valence-corrected chi connectivity index (χ4v) is 2.37. The van der Waals surface area contributed by atoms with Crippen LogP contribution < -0.4 is 0 Å². The summed E-state index contributed by atoms with van der Waals surface area (Å²) in [6.07, 6.45) is 5.05. The van der Waals surface area contributed by atoms with E-state index in [1.807, 2.05) is 0 Å². The number of carbonyl (C=O) groups excluding carboxylic acids is 1. The summed E-state index contributed by atoms with van der Waals surface area (Å²) >= 11 is 0. The predicted molar refractivity (Wildman–Crippen MR) is 80.2 cm³/mol. The maximum absolute atomic E-state index is 12.9. The SMILES string of the molecule is CCCCCC[C@H](C=O)C[C@H](O[N+](=O)[O-])c1ccc(F)cc1. The Morgan fingerprint density at radius 1 is 1.27 bits per heavy atom. The first kappa shape index (κ1) is 18.1. The fraction of sp³-hybridized carbons (Fsp3) is 0.562. The summed E-state index contributed by atoms with van der Waals surface area (Å²) < 4.78 is 12.9. The van der Waals surface area contributed by atoms with E-state index in [9.17, 15) is 19.3 Å². The number of aldehydes is 1. The van der Waals surface area contributed by atoms with Crippen molar-refractivity contribution in [3.05, 3.63) is 45.8 Å². The highest BCUT2D eigenvalue weighted by Crippen LogP contribution is 2.27. The smallest absolute Gasteiger partial charge is 0.295 e. The molecule has 0 aliphatic rings. The summed E-state index contributed by atoms with van der Waals surface area (Å²) in [6.45, 7) is 2.10. The van der Waals surface area contributed by atoms with Crippen LogP contribution in [0.2, 0.25) is 0 Å². The Morgan fingerprint density at radius 2 is 1.95 bits per heavy atom. The van der Waals surface area contributed by atoms with Gasteiger partial charge in [-0.3, -0.25) is 0 Å². The Balaban J connectivity index is 2.67. The highest BCUT2D eigenvalue weighted by Gasteiger charge is 2.21. The molecule has 1 rings (SSSR count). The van der Waals surface area contributed by atoms with Crippen LogP contribution in [-0.4, -0.2) is 11.4 Å². The lowest BCUT2D eigenvalue weighted by Gasteiger charge is -2.19. The van der Waals surface area contributed by atoms with Crippen LogP contribution in [0.3, 0.4) is 0 Å². The minimum atomic E-state index is -0.868. The molecule has 0 unspecified atom stereocenters. The van der Waals surface area contributed by atoms with Gasteiger partial charge in [0.15, 0.2) is 0 Å². The third kappa shape index (κ3) is 6.65. The molecule has 122 valence electrons. The Morgan fingerprint density at radius 3 is 2.50 bits per heavy atom. The molecule has 0 aliphatic heterocycles. The van der Waals surface area contributed by atoms with Crippen molar-refractivity contribution in [1.29, 1.82) is 0 Å². The van der Waals surface area contributed by atoms with Gasteiger partial charge >= 0.3 is 0 Å². The third-order valence-electron chi connectivity index (χ3n) is 3.59. The van der Waals surface area contributed by atoms with Crippen LogP contribution in [0.15, 0.2) is 24.3 Å². The average Bonchev–Trinajstić information content (AvgIpc) is 2.49. The molecule has 0 radical (unpaired) electrons. The second-order valence-electron chi connectivity index (χ2n) is 5.35. The molecule has 1 aromatic carbocycles. The van der Waals surface area contributed by atoms with Gasteiger partial charge in [-0.1, -0.05) is 44.7 Å². The second-order valence-corrected chi connectivity index (χ2v) is 5.35. The first-order valence-electron chi connectivity index (χ1n) is 7.58. The number of halogens is 1. The molecule has 0 saturated heterocycles. The van der Waals surface area contributed by atoms with Gasteiger partial charge in [-0.2, -0.15) is 0 Å². The maximum Gasteiger partial charge on any atom is 0.295 e. The Hall–Kier alpha value is -1.98. The van der Waals surface area contributed by atoms with E-state index in [4.69, 9.17) is 0 Å². The molecule has 6 heteroatoms. The number of unbranched alkanes of at least 4 members (excludes halogenated alkanes) is 3. The summed E-state index contributed by atoms with van der Waals surface area (Å²) in [6, 6.07) is 5.34. The van der Waals surface area contributed by atoms with Crippen molar-refractivity contribution >= 4 is 6.29 Å². The van der Waals surface area contributed by atoms with Crippen LogP contribution in [0, 0.1) is 21.8 Å². The van der Waals surface area contributed by atoms with Gasteiger partial charge < -0.3 is 9.63 Å². The second kappa shape index (κ2) is 9.87. The van der Waals surface area contributed by atoms with E-state index in [2.05, 4.69) is 11.8 Å². The van der Waals surface area contributed by atoms with Crippen LogP contribution in [0.4, 0.5) is 4.39 Å². The van der Waals surface area contributed by atoms with Crippen molar-refractivity contribution < 1.29 is 19.1 Å². The molecule has 0 aliphatic carbocycles. The fourth-order valence-electron chi connectivity index (χ4n) is 2.37. The number of nitrogens with zero attached hydrogens (tertiary/aromatic N) is 1. The topological polar surface area (TPSA) is 69.4 Å². The van der Waals surface area contributed by atoms with Crippen LogP contribution in [0.25, 0.3) is 0 Å². The average molecular weight is 311 g/mol. The number of hydrogen-bond donors (Lipinski definition) is 0. The van der Waals surface area contributed by atoms with Crippen LogP contribution >= 0.6 is 0 Å². The van der Waals surface area contributed by atoms with Gasteiger partial charge in [0.25, 0.3) is 5.09 Å². The zero-order valence-electron chi connectivity index (χ0n) is 12.7. The van der Waals surface area contributed by atoms with E-state index in [0.717, 1.165) is 32.0 Å². The van der Waals surface area contributed by atoms with Crippen molar-refractivity contribution in [3.8, 4) is 0 Å². The van der Waals surface area contributed by atoms with Gasteiger partial charge in [0, 0.05) is 5.92 Å². The van der Waals surface area contributed by atoms with E-state index in [-0.39, 0.29) is 12.3 Å². The minimum absolute atomic E-state index is 0.224. The van der Waals surface area contributed by atoms with Crippen LogP contribution in [0.1, 0.15) is 57.1 Å². The molecule has 0 heterocycles. The quantitative estimate of drug-likeness (QED) is 0.265. The molecule has 2 atom stereocenters. The van der Waals surface area contributed by atoms with Crippen molar-refractivity contribution in [2.24, 2.45) is 5.92 Å². The van der Waals surface area contributed by atoms with Crippen LogP contribution in [-0.2, 0) is 9.63 Å². The van der Waals surface area contributed by atoms with Gasteiger partial charge in [-0.15, -0.1) is 10.1 Å². The molecule has 5 nitrogen and oxygen atoms in total. The third-order valence-corrected chi connectivity index (χ3v) is 3.59. The highest BCUT2D eigenvalue weighted by molar-refractivity contribution is 5.53. The van der Waals surface area contributed by atoms with Gasteiger partial charge in [0.2, 0.25) is 0 Å². The zero-order chi connectivity index (χ0) is 16.4. The molecule has 1 aromatic rings. The molecule has 22 heavy (non-hydrogen) atoms. The molecule has 0 fully saturated rings. The summed E-state index contributed by atoms with van der Waals surface area (Å²) in [7, 11) is 0. The van der Waals surface area contributed by atoms with Crippen molar-refractivity contribution in [1.82, 2.24) is 0 Å². The molecule has 0 amide bonds. The van der Waals surface area contributed by atoms with Crippen LogP contribution in [0.5, 0.6) is 0 Å². The van der Waals surface area contributed by atoms with E-state index >= 15 is 0 Å². The maximum atomic E-state index is 12.9. The summed E-state index contributed by atoms with van der Waals surface area (Å²) in [5.74, 6) is -0.720. The van der Waals surface area contributed by atoms with Gasteiger partial charge in [0.05, 0.1) is 0 Å². The predicted octanol–water partition coefficient (Wildman–Crippen LogP) is 4.25. The largest absolute Gasteiger partial charge is 0.306 e. The van der Waals surface area contributed by atoms with E-state index in [0.29, 0.717) is 12.0 Å². The summed E-state index contributed by atoms with van der Waals surface area (Å²) in [4.78, 5) is 26.5. The van der Waals surface area contributed by atoms with Gasteiger partial charge in [-0.05, 0) is 30.5 Å². The van der Waals surface area contributed by atoms with E-state index in [1.165, 1.54) is 24.3 Å². The highest BCUT2D eigenvalue weighted by atomic mass is 19.1. The Kier molecular flexibility index (Phi) is 8.10. The summed E-state index contributed by atoms with van der Waals surface area (Å²) in [5, 5.41) is 9.77. The van der Waals surface area contributed by atoms with E-state index < -0.39 is 17.0 Å². The minimum Gasteiger partial charge on any atom is -0.306 e. The van der Waals surface area contributed by atoms with Crippen molar-refractivity contribution in [3.63, 3.8) is 0 Å². The molecule has 0 saturated carbocycles. The molecular weight excluding hydrogens is 289 g/mol. The number of hydrogen-bond acceptors (Lipinski definition) is 4. The lowest BCUT2D eigenvalue weighted by Crippen LogP contribution is -2.15. The van der Waals surface area contributed by atoms with E-state index in [1.54, 1.807) is 0 Å². The first-order valence-corrected chi connectivity index (χ1v) is 7.58. The molecular formula is C16H22FNO4. The molecule has 0 bridgehead atoms. The number of rotatable bonds is 11. The standard InChI is InChI=1S/C16H22FNO4/c1-2-3-4-5-6-13(12-19)11-16(22-18(20)21)14-7-9-15(17)10-8-14/h7-10,12-13,16H,2-6,11H2,1H3/t13-,16-/m0/s1. The van der Waals surface area contributed by atoms with Gasteiger partial charge in [0.1, 0.15) is 18.2 Å². The van der Waals surface area contributed by atoms with Crippen molar-refractivity contribution in [2.45, 2.75) is 51.6 Å². The number of benzene rings is 1. The zero-order valence-corrected chi connectivity index (χ0v) is 12.7. The first-order chi connectivity index (χ1) is 10.6.